The average molecular weight is 292 g/mol. The number of para-hydroxylation sites is 1. The van der Waals surface area contributed by atoms with Crippen molar-refractivity contribution in [2.45, 2.75) is 12.4 Å². The Hall–Kier alpha value is -0.950. The standard InChI is InChI=1S/C11H11F3N2S2/c1-7-3-2-4-8-9(7)16-10(18-8)15-5-6-17-11(12,13)14/h2-4H,5-6H2,1H3,(H,15,16). The molecule has 2 rings (SSSR count). The molecule has 0 aliphatic rings. The molecule has 0 bridgehead atoms. The van der Waals surface area contributed by atoms with Crippen LogP contribution >= 0.6 is 23.1 Å². The van der Waals surface area contributed by atoms with Crippen LogP contribution in [-0.2, 0) is 0 Å². The number of benzene rings is 1. The van der Waals surface area contributed by atoms with Crippen LogP contribution in [0.4, 0.5) is 18.3 Å². The molecule has 0 aliphatic heterocycles. The summed E-state index contributed by atoms with van der Waals surface area (Å²) in [7, 11) is 0. The highest BCUT2D eigenvalue weighted by Gasteiger charge is 2.27. The second-order valence-electron chi connectivity index (χ2n) is 3.66. The van der Waals surface area contributed by atoms with Crippen LogP contribution in [0.5, 0.6) is 0 Å². The Morgan fingerprint density at radius 2 is 2.17 bits per heavy atom. The topological polar surface area (TPSA) is 24.9 Å². The van der Waals surface area contributed by atoms with E-state index in [0.717, 1.165) is 15.8 Å². The SMILES string of the molecule is Cc1cccc2sc(NCCSC(F)(F)F)nc12. The van der Waals surface area contributed by atoms with Gasteiger partial charge < -0.3 is 5.32 Å². The van der Waals surface area contributed by atoms with Gasteiger partial charge in [-0.05, 0) is 30.3 Å². The molecule has 1 aromatic heterocycles. The first-order valence-electron chi connectivity index (χ1n) is 5.26. The van der Waals surface area contributed by atoms with Gasteiger partial charge in [0.25, 0.3) is 0 Å². The number of alkyl halides is 3. The predicted octanol–water partition coefficient (Wildman–Crippen LogP) is 4.27. The molecular weight excluding hydrogens is 281 g/mol. The van der Waals surface area contributed by atoms with Crippen molar-refractivity contribution >= 4 is 38.4 Å². The molecule has 98 valence electrons. The van der Waals surface area contributed by atoms with E-state index < -0.39 is 5.51 Å². The molecule has 0 saturated carbocycles. The summed E-state index contributed by atoms with van der Waals surface area (Å²) in [5.41, 5.74) is -2.18. The number of nitrogens with one attached hydrogen (secondary N) is 1. The number of thiazole rings is 1. The fourth-order valence-electron chi connectivity index (χ4n) is 1.49. The summed E-state index contributed by atoms with van der Waals surface area (Å²) in [6.07, 6.45) is 0. The van der Waals surface area contributed by atoms with Crippen LogP contribution in [-0.4, -0.2) is 22.8 Å². The number of hydrogen-bond acceptors (Lipinski definition) is 4. The molecular formula is C11H11F3N2S2. The predicted molar refractivity (Wildman–Crippen MR) is 71.4 cm³/mol. The minimum atomic E-state index is -4.16. The molecule has 1 heterocycles. The van der Waals surface area contributed by atoms with E-state index in [4.69, 9.17) is 0 Å². The first-order chi connectivity index (χ1) is 8.46. The van der Waals surface area contributed by atoms with Crippen LogP contribution in [0.2, 0.25) is 0 Å². The second kappa shape index (κ2) is 5.36. The van der Waals surface area contributed by atoms with E-state index in [9.17, 15) is 13.2 Å². The lowest BCUT2D eigenvalue weighted by Crippen LogP contribution is -2.09. The van der Waals surface area contributed by atoms with Crippen LogP contribution in [0, 0.1) is 6.92 Å². The van der Waals surface area contributed by atoms with Gasteiger partial charge >= 0.3 is 5.51 Å². The number of aryl methyl sites for hydroxylation is 1. The van der Waals surface area contributed by atoms with Crippen LogP contribution < -0.4 is 5.32 Å². The van der Waals surface area contributed by atoms with Gasteiger partial charge in [-0.1, -0.05) is 23.5 Å². The summed E-state index contributed by atoms with van der Waals surface area (Å²) in [6.45, 7) is 2.22. The van der Waals surface area contributed by atoms with E-state index in [0.29, 0.717) is 5.13 Å². The first kappa shape index (κ1) is 13.5. The number of aromatic nitrogens is 1. The molecule has 1 aromatic carbocycles. The van der Waals surface area contributed by atoms with Gasteiger partial charge in [-0.15, -0.1) is 0 Å². The fourth-order valence-corrected chi connectivity index (χ4v) is 2.89. The number of anilines is 1. The monoisotopic (exact) mass is 292 g/mol. The molecule has 0 fully saturated rings. The van der Waals surface area contributed by atoms with E-state index in [1.165, 1.54) is 11.3 Å². The van der Waals surface area contributed by atoms with E-state index >= 15 is 0 Å². The Labute approximate surface area is 111 Å². The smallest absolute Gasteiger partial charge is 0.361 e. The highest BCUT2D eigenvalue weighted by atomic mass is 32.2. The van der Waals surface area contributed by atoms with Gasteiger partial charge in [-0.3, -0.25) is 0 Å². The maximum atomic E-state index is 11.9. The number of rotatable bonds is 4. The van der Waals surface area contributed by atoms with Gasteiger partial charge in [0.1, 0.15) is 0 Å². The van der Waals surface area contributed by atoms with E-state index in [1.54, 1.807) is 0 Å². The van der Waals surface area contributed by atoms with Gasteiger partial charge in [0.05, 0.1) is 10.2 Å². The molecule has 2 aromatic rings. The van der Waals surface area contributed by atoms with E-state index in [-0.39, 0.29) is 24.1 Å². The third-order valence-corrected chi connectivity index (χ3v) is 3.98. The maximum absolute atomic E-state index is 11.9. The zero-order valence-corrected chi connectivity index (χ0v) is 11.2. The summed E-state index contributed by atoms with van der Waals surface area (Å²) < 4.78 is 36.8. The van der Waals surface area contributed by atoms with Crippen LogP contribution in [0.15, 0.2) is 18.2 Å². The van der Waals surface area contributed by atoms with Crippen LogP contribution in [0.25, 0.3) is 10.2 Å². The molecule has 0 amide bonds. The summed E-state index contributed by atoms with van der Waals surface area (Å²) in [5.74, 6) is -0.0155. The first-order valence-corrected chi connectivity index (χ1v) is 7.06. The maximum Gasteiger partial charge on any atom is 0.441 e. The van der Waals surface area contributed by atoms with Crippen LogP contribution in [0.3, 0.4) is 0 Å². The Morgan fingerprint density at radius 3 is 2.83 bits per heavy atom. The van der Waals surface area contributed by atoms with Crippen molar-refractivity contribution in [3.63, 3.8) is 0 Å². The quantitative estimate of drug-likeness (QED) is 0.852. The molecule has 0 unspecified atom stereocenters. The average Bonchev–Trinajstić information content (AvgIpc) is 2.68. The normalized spacial score (nSPS) is 12.0. The highest BCUT2D eigenvalue weighted by molar-refractivity contribution is 8.00. The zero-order chi connectivity index (χ0) is 13.2. The molecule has 18 heavy (non-hydrogen) atoms. The molecule has 0 saturated heterocycles. The van der Waals surface area contributed by atoms with Crippen molar-refractivity contribution in [2.75, 3.05) is 17.6 Å². The third-order valence-electron chi connectivity index (χ3n) is 2.26. The number of fused-ring (bicyclic) bond motifs is 1. The van der Waals surface area contributed by atoms with Crippen molar-refractivity contribution in [1.29, 1.82) is 0 Å². The van der Waals surface area contributed by atoms with Crippen molar-refractivity contribution in [3.05, 3.63) is 23.8 Å². The molecule has 0 atom stereocenters. The Bertz CT molecular complexity index is 537. The van der Waals surface area contributed by atoms with Gasteiger partial charge in [0.15, 0.2) is 5.13 Å². The Morgan fingerprint density at radius 1 is 1.39 bits per heavy atom. The summed E-state index contributed by atoms with van der Waals surface area (Å²) >= 11 is 1.43. The second-order valence-corrected chi connectivity index (χ2v) is 5.85. The van der Waals surface area contributed by atoms with E-state index in [2.05, 4.69) is 10.3 Å². The lowest BCUT2D eigenvalue weighted by atomic mass is 10.2. The van der Waals surface area contributed by atoms with Crippen molar-refractivity contribution in [1.82, 2.24) is 4.98 Å². The van der Waals surface area contributed by atoms with Crippen LogP contribution in [0.1, 0.15) is 5.56 Å². The van der Waals surface area contributed by atoms with Gasteiger partial charge in [0.2, 0.25) is 0 Å². The van der Waals surface area contributed by atoms with Crippen molar-refractivity contribution in [3.8, 4) is 0 Å². The number of thioether (sulfide) groups is 1. The molecule has 1 N–H and O–H groups in total. The summed E-state index contributed by atoms with van der Waals surface area (Å²) in [5, 5.41) is 3.59. The highest BCUT2D eigenvalue weighted by Crippen LogP contribution is 2.30. The number of halogens is 3. The lowest BCUT2D eigenvalue weighted by molar-refractivity contribution is -0.0327. The Kier molecular flexibility index (Phi) is 4.01. The van der Waals surface area contributed by atoms with Gasteiger partial charge in [0, 0.05) is 12.3 Å². The summed E-state index contributed by atoms with van der Waals surface area (Å²) in [6, 6.07) is 5.86. The zero-order valence-electron chi connectivity index (χ0n) is 9.54. The number of nitrogens with zero attached hydrogens (tertiary/aromatic N) is 1. The largest absolute Gasteiger partial charge is 0.441 e. The lowest BCUT2D eigenvalue weighted by Gasteiger charge is -2.05. The molecule has 7 heteroatoms. The molecule has 2 nitrogen and oxygen atoms in total. The van der Waals surface area contributed by atoms with Crippen molar-refractivity contribution in [2.24, 2.45) is 0 Å². The van der Waals surface area contributed by atoms with Crippen molar-refractivity contribution < 1.29 is 13.2 Å². The third kappa shape index (κ3) is 3.52. The van der Waals surface area contributed by atoms with E-state index in [1.807, 2.05) is 25.1 Å². The minimum Gasteiger partial charge on any atom is -0.361 e. The van der Waals surface area contributed by atoms with Gasteiger partial charge in [-0.2, -0.15) is 13.2 Å². The van der Waals surface area contributed by atoms with Gasteiger partial charge in [-0.25, -0.2) is 4.98 Å². The molecule has 0 aliphatic carbocycles. The number of hydrogen-bond donors (Lipinski definition) is 1. The Balaban J connectivity index is 1.94. The summed E-state index contributed by atoms with van der Waals surface area (Å²) in [4.78, 5) is 4.36. The molecule has 0 spiro atoms. The fraction of sp³-hybridized carbons (Fsp3) is 0.364. The molecule has 0 radical (unpaired) electrons. The minimum absolute atomic E-state index is 0.0155.